The van der Waals surface area contributed by atoms with Gasteiger partial charge in [0.15, 0.2) is 5.82 Å². The Bertz CT molecular complexity index is 1360. The summed E-state index contributed by atoms with van der Waals surface area (Å²) in [5.74, 6) is 0.775. The molecule has 0 radical (unpaired) electrons. The Morgan fingerprint density at radius 3 is 2.61 bits per heavy atom. The molecule has 0 amide bonds. The van der Waals surface area contributed by atoms with Crippen molar-refractivity contribution in [3.63, 3.8) is 0 Å². The molecule has 1 aromatic heterocycles. The van der Waals surface area contributed by atoms with Crippen molar-refractivity contribution in [1.29, 1.82) is 0 Å². The van der Waals surface area contributed by atoms with E-state index in [4.69, 9.17) is 33.3 Å². The predicted octanol–water partition coefficient (Wildman–Crippen LogP) is 5.51. The minimum Gasteiger partial charge on any atom is -0.488 e. The maximum atomic E-state index is 11.6. The molecule has 0 atom stereocenters. The van der Waals surface area contributed by atoms with Gasteiger partial charge in [-0.1, -0.05) is 48.0 Å². The number of nitrogens with one attached hydrogen (secondary N) is 1. The van der Waals surface area contributed by atoms with Crippen molar-refractivity contribution < 1.29 is 14.3 Å². The highest BCUT2D eigenvalue weighted by Gasteiger charge is 2.12. The normalized spacial score (nSPS) is 11.0. The van der Waals surface area contributed by atoms with E-state index in [2.05, 4.69) is 15.3 Å². The first-order valence-electron chi connectivity index (χ1n) is 9.92. The Balaban J connectivity index is 1.55. The van der Waals surface area contributed by atoms with E-state index >= 15 is 0 Å². The van der Waals surface area contributed by atoms with Gasteiger partial charge in [0.05, 0.1) is 23.9 Å². The Labute approximate surface area is 200 Å². The van der Waals surface area contributed by atoms with Gasteiger partial charge in [0.25, 0.3) is 0 Å². The van der Waals surface area contributed by atoms with Crippen LogP contribution in [0.15, 0.2) is 77.9 Å². The van der Waals surface area contributed by atoms with Crippen molar-refractivity contribution >= 4 is 36.0 Å². The van der Waals surface area contributed by atoms with Gasteiger partial charge in [-0.3, -0.25) is 0 Å². The minimum absolute atomic E-state index is 0.322. The smallest absolute Gasteiger partial charge is 0.337 e. The number of H-pyrrole nitrogens is 1. The van der Waals surface area contributed by atoms with E-state index in [-0.39, 0.29) is 5.97 Å². The zero-order valence-electron chi connectivity index (χ0n) is 17.6. The first-order valence-corrected chi connectivity index (χ1v) is 10.7. The highest BCUT2D eigenvalue weighted by molar-refractivity contribution is 7.71. The third kappa shape index (κ3) is 5.19. The Kier molecular flexibility index (Phi) is 6.97. The number of ether oxygens (including phenoxy) is 2. The lowest BCUT2D eigenvalue weighted by atomic mass is 10.1. The summed E-state index contributed by atoms with van der Waals surface area (Å²) in [4.78, 5) is 11.6. The van der Waals surface area contributed by atoms with Gasteiger partial charge in [-0.05, 0) is 54.2 Å². The van der Waals surface area contributed by atoms with Crippen LogP contribution in [0, 0.1) is 4.77 Å². The van der Waals surface area contributed by atoms with Crippen LogP contribution in [0.4, 0.5) is 0 Å². The molecule has 1 N–H and O–H groups in total. The van der Waals surface area contributed by atoms with Gasteiger partial charge < -0.3 is 9.47 Å². The number of aromatic nitrogens is 3. The average Bonchev–Trinajstić information content (AvgIpc) is 3.22. The molecule has 0 bridgehead atoms. The van der Waals surface area contributed by atoms with Crippen molar-refractivity contribution in [2.45, 2.75) is 6.61 Å². The average molecular weight is 479 g/mol. The van der Waals surface area contributed by atoms with Gasteiger partial charge >= 0.3 is 5.97 Å². The van der Waals surface area contributed by atoms with Crippen LogP contribution in [0.3, 0.4) is 0 Å². The number of carbonyl (C=O) groups excluding carboxylic acids is 1. The van der Waals surface area contributed by atoms with Crippen LogP contribution < -0.4 is 4.74 Å². The minimum atomic E-state index is -0.377. The summed E-state index contributed by atoms with van der Waals surface area (Å²) in [5, 5.41) is 12.1. The molecular weight excluding hydrogens is 460 g/mol. The predicted molar refractivity (Wildman–Crippen MR) is 129 cm³/mol. The lowest BCUT2D eigenvalue weighted by Crippen LogP contribution is -2.02. The maximum Gasteiger partial charge on any atom is 0.337 e. The van der Waals surface area contributed by atoms with Crippen LogP contribution in [-0.2, 0) is 11.3 Å². The number of aromatic amines is 1. The molecule has 0 saturated heterocycles. The van der Waals surface area contributed by atoms with Crippen molar-refractivity contribution in [3.05, 3.63) is 99.3 Å². The van der Waals surface area contributed by atoms with Crippen LogP contribution in [0.5, 0.6) is 5.75 Å². The Morgan fingerprint density at radius 2 is 1.85 bits per heavy atom. The lowest BCUT2D eigenvalue weighted by molar-refractivity contribution is 0.0600. The number of nitrogens with zero attached hydrogens (tertiary/aromatic N) is 3. The first kappa shape index (κ1) is 22.4. The summed E-state index contributed by atoms with van der Waals surface area (Å²) in [6.45, 7) is 0.322. The van der Waals surface area contributed by atoms with Crippen molar-refractivity contribution in [3.8, 4) is 17.1 Å². The summed E-state index contributed by atoms with van der Waals surface area (Å²) < 4.78 is 12.6. The van der Waals surface area contributed by atoms with Crippen molar-refractivity contribution in [2.75, 3.05) is 7.11 Å². The number of rotatable bonds is 7. The highest BCUT2D eigenvalue weighted by atomic mass is 35.5. The van der Waals surface area contributed by atoms with Crippen LogP contribution in [0.1, 0.15) is 21.5 Å². The topological polar surface area (TPSA) is 81.5 Å². The fourth-order valence-corrected chi connectivity index (χ4v) is 3.47. The molecule has 0 saturated carbocycles. The molecule has 0 aliphatic rings. The van der Waals surface area contributed by atoms with Gasteiger partial charge in [0, 0.05) is 11.1 Å². The molecule has 0 fully saturated rings. The van der Waals surface area contributed by atoms with E-state index in [1.165, 1.54) is 11.8 Å². The molecule has 3 aromatic carbocycles. The van der Waals surface area contributed by atoms with E-state index in [1.807, 2.05) is 54.6 Å². The Hall–Kier alpha value is -3.75. The number of carbonyl (C=O) groups is 1. The molecule has 0 spiro atoms. The molecule has 166 valence electrons. The molecular formula is C24H19ClN4O3S. The fourth-order valence-electron chi connectivity index (χ4n) is 3.07. The van der Waals surface area contributed by atoms with E-state index in [0.29, 0.717) is 39.1 Å². The molecule has 1 heterocycles. The summed E-state index contributed by atoms with van der Waals surface area (Å²) in [6, 6.07) is 21.9. The summed E-state index contributed by atoms with van der Waals surface area (Å²) in [6.07, 6.45) is 1.65. The number of esters is 1. The zero-order valence-corrected chi connectivity index (χ0v) is 19.1. The zero-order chi connectivity index (χ0) is 23.2. The highest BCUT2D eigenvalue weighted by Crippen LogP contribution is 2.26. The number of hydrogen-bond acceptors (Lipinski definition) is 6. The molecule has 9 heteroatoms. The number of benzene rings is 3. The van der Waals surface area contributed by atoms with Gasteiger partial charge in [-0.15, -0.1) is 0 Å². The molecule has 7 nitrogen and oxygen atoms in total. The lowest BCUT2D eigenvalue weighted by Gasteiger charge is -2.09. The number of halogens is 1. The molecule has 0 aliphatic carbocycles. The second-order valence-electron chi connectivity index (χ2n) is 6.90. The van der Waals surface area contributed by atoms with Crippen molar-refractivity contribution in [1.82, 2.24) is 14.9 Å². The number of para-hydroxylation sites is 1. The molecule has 4 rings (SSSR count). The number of hydrogen-bond donors (Lipinski definition) is 1. The van der Waals surface area contributed by atoms with Crippen LogP contribution in [0.25, 0.3) is 11.4 Å². The SMILES string of the molecule is COC(=O)c1ccc(COc2ccccc2C=Nn2c(-c3ccccc3Cl)n[nH]c2=S)cc1. The molecule has 33 heavy (non-hydrogen) atoms. The van der Waals surface area contributed by atoms with E-state index in [0.717, 1.165) is 11.1 Å². The largest absolute Gasteiger partial charge is 0.488 e. The van der Waals surface area contributed by atoms with Crippen LogP contribution >= 0.6 is 23.8 Å². The van der Waals surface area contributed by atoms with E-state index in [9.17, 15) is 4.79 Å². The fraction of sp³-hybridized carbons (Fsp3) is 0.0833. The second kappa shape index (κ2) is 10.2. The van der Waals surface area contributed by atoms with Gasteiger partial charge in [0.2, 0.25) is 4.77 Å². The maximum absolute atomic E-state index is 11.6. The van der Waals surface area contributed by atoms with Gasteiger partial charge in [0.1, 0.15) is 12.4 Å². The van der Waals surface area contributed by atoms with Crippen molar-refractivity contribution in [2.24, 2.45) is 5.10 Å². The molecule has 4 aromatic rings. The second-order valence-corrected chi connectivity index (χ2v) is 7.70. The summed E-state index contributed by atoms with van der Waals surface area (Å²) >= 11 is 11.7. The molecule has 0 aliphatic heterocycles. The number of methoxy groups -OCH3 is 1. The standard InChI is InChI=1S/C24H19ClN4O3S/c1-31-23(30)17-12-10-16(11-13-17)15-32-21-9-5-2-6-18(21)14-26-29-22(27-28-24(29)33)19-7-3-4-8-20(19)25/h2-14H,15H2,1H3,(H,28,33). The monoisotopic (exact) mass is 478 g/mol. The third-order valence-electron chi connectivity index (χ3n) is 4.77. The van der Waals surface area contributed by atoms with Crippen LogP contribution in [0.2, 0.25) is 5.02 Å². The van der Waals surface area contributed by atoms with E-state index in [1.54, 1.807) is 24.4 Å². The first-order chi connectivity index (χ1) is 16.1. The van der Waals surface area contributed by atoms with E-state index < -0.39 is 0 Å². The summed E-state index contributed by atoms with van der Waals surface area (Å²) in [7, 11) is 1.35. The Morgan fingerprint density at radius 1 is 1.12 bits per heavy atom. The van der Waals surface area contributed by atoms with Gasteiger partial charge in [-0.2, -0.15) is 14.9 Å². The van der Waals surface area contributed by atoms with Gasteiger partial charge in [-0.25, -0.2) is 9.89 Å². The molecule has 0 unspecified atom stereocenters. The summed E-state index contributed by atoms with van der Waals surface area (Å²) in [5.41, 5.74) is 2.87. The third-order valence-corrected chi connectivity index (χ3v) is 5.36. The quantitative estimate of drug-likeness (QED) is 0.215. The van der Waals surface area contributed by atoms with Crippen LogP contribution in [-0.4, -0.2) is 34.2 Å².